The lowest BCUT2D eigenvalue weighted by molar-refractivity contribution is 0.217. The van der Waals surface area contributed by atoms with Gasteiger partial charge in [-0.05, 0) is 48.0 Å². The molecule has 0 saturated heterocycles. The molecule has 3 aromatic carbocycles. The van der Waals surface area contributed by atoms with Crippen molar-refractivity contribution in [3.05, 3.63) is 99.8 Å². The summed E-state index contributed by atoms with van der Waals surface area (Å²) in [6.45, 7) is 0. The van der Waals surface area contributed by atoms with E-state index in [2.05, 4.69) is 49.5 Å². The highest BCUT2D eigenvalue weighted by molar-refractivity contribution is 9.10. The summed E-state index contributed by atoms with van der Waals surface area (Å²) in [5, 5.41) is 8.09. The summed E-state index contributed by atoms with van der Waals surface area (Å²) in [6, 6.07) is 21.8. The maximum Gasteiger partial charge on any atom is 0.226 e. The summed E-state index contributed by atoms with van der Waals surface area (Å²) in [5.41, 5.74) is 4.94. The van der Waals surface area contributed by atoms with E-state index < -0.39 is 6.10 Å². The van der Waals surface area contributed by atoms with E-state index in [9.17, 15) is 0 Å². The highest BCUT2D eigenvalue weighted by atomic mass is 79.9. The Labute approximate surface area is 205 Å². The number of nitrogens with one attached hydrogen (secondary N) is 1. The van der Waals surface area contributed by atoms with E-state index in [1.54, 1.807) is 20.5 Å². The average Bonchev–Trinajstić information content (AvgIpc) is 3.35. The highest BCUT2D eigenvalue weighted by Gasteiger charge is 2.41. The molecule has 7 nitrogen and oxygen atoms in total. The molecule has 170 valence electrons. The molecule has 0 unspecified atom stereocenters. The van der Waals surface area contributed by atoms with E-state index in [4.69, 9.17) is 14.2 Å². The summed E-state index contributed by atoms with van der Waals surface area (Å²) in [4.78, 5) is 4.48. The number of methoxy groups -OCH3 is 2. The van der Waals surface area contributed by atoms with Gasteiger partial charge in [-0.25, -0.2) is 4.68 Å². The average molecular weight is 517 g/mol. The third-order valence-corrected chi connectivity index (χ3v) is 6.72. The molecule has 0 spiro atoms. The van der Waals surface area contributed by atoms with Crippen molar-refractivity contribution in [1.82, 2.24) is 14.8 Å². The molecule has 2 aliphatic rings. The molecular weight excluding hydrogens is 496 g/mol. The van der Waals surface area contributed by atoms with E-state index in [1.807, 2.05) is 53.2 Å². The molecule has 34 heavy (non-hydrogen) atoms. The minimum absolute atomic E-state index is 0.248. The second kappa shape index (κ2) is 8.22. The number of para-hydroxylation sites is 1. The number of hydrogen-bond donors (Lipinski definition) is 1. The van der Waals surface area contributed by atoms with Crippen LogP contribution in [-0.4, -0.2) is 29.0 Å². The summed E-state index contributed by atoms with van der Waals surface area (Å²) in [7, 11) is 3.34. The molecule has 2 aliphatic heterocycles. The van der Waals surface area contributed by atoms with Crippen molar-refractivity contribution < 1.29 is 14.2 Å². The predicted molar refractivity (Wildman–Crippen MR) is 132 cm³/mol. The number of nitrogens with zero attached hydrogens (tertiary/aromatic N) is 3. The lowest BCUT2D eigenvalue weighted by Gasteiger charge is -2.39. The predicted octanol–water partition coefficient (Wildman–Crippen LogP) is 5.62. The second-order valence-corrected chi connectivity index (χ2v) is 8.96. The standard InChI is InChI=1S/C26H21BrN4O3/c1-32-17-10-7-15(8-11-17)24-22-23(30-26-28-14-29-31(24)26)18-5-3-4-6-21(18)34-25(22)19-13-16(27)9-12-20(19)33-2/h3-14,24-25H,1-2H3,(H,28,29,30)/t24-,25+/m1/s1. The van der Waals surface area contributed by atoms with Gasteiger partial charge in [0.1, 0.15) is 29.6 Å². The zero-order chi connectivity index (χ0) is 23.2. The van der Waals surface area contributed by atoms with Crippen LogP contribution in [0.2, 0.25) is 0 Å². The highest BCUT2D eigenvalue weighted by Crippen LogP contribution is 2.52. The van der Waals surface area contributed by atoms with Gasteiger partial charge in [-0.1, -0.05) is 40.2 Å². The molecule has 1 aromatic heterocycles. The number of anilines is 1. The largest absolute Gasteiger partial charge is 0.497 e. The van der Waals surface area contributed by atoms with Crippen LogP contribution in [0.3, 0.4) is 0 Å². The van der Waals surface area contributed by atoms with Crippen LogP contribution < -0.4 is 19.5 Å². The van der Waals surface area contributed by atoms with E-state index in [-0.39, 0.29) is 6.04 Å². The quantitative estimate of drug-likeness (QED) is 0.379. The van der Waals surface area contributed by atoms with Gasteiger partial charge in [-0.3, -0.25) is 0 Å². The summed E-state index contributed by atoms with van der Waals surface area (Å²) in [5.74, 6) is 3.01. The Morgan fingerprint density at radius 1 is 1.00 bits per heavy atom. The second-order valence-electron chi connectivity index (χ2n) is 8.04. The first-order chi connectivity index (χ1) is 16.7. The lowest BCUT2D eigenvalue weighted by atomic mass is 9.84. The Balaban J connectivity index is 1.63. The number of halogens is 1. The fourth-order valence-corrected chi connectivity index (χ4v) is 5.07. The Bertz CT molecular complexity index is 1410. The molecule has 1 N–H and O–H groups in total. The van der Waals surface area contributed by atoms with E-state index in [0.29, 0.717) is 5.95 Å². The monoisotopic (exact) mass is 516 g/mol. The first kappa shape index (κ1) is 20.8. The van der Waals surface area contributed by atoms with Crippen LogP contribution >= 0.6 is 15.9 Å². The molecule has 8 heteroatoms. The minimum atomic E-state index is -0.422. The van der Waals surface area contributed by atoms with Gasteiger partial charge in [-0.15, -0.1) is 0 Å². The van der Waals surface area contributed by atoms with Crippen molar-refractivity contribution in [1.29, 1.82) is 0 Å². The number of hydrogen-bond acceptors (Lipinski definition) is 6. The van der Waals surface area contributed by atoms with Gasteiger partial charge in [0, 0.05) is 21.2 Å². The minimum Gasteiger partial charge on any atom is -0.497 e. The van der Waals surface area contributed by atoms with Crippen LogP contribution in [0.5, 0.6) is 17.2 Å². The van der Waals surface area contributed by atoms with Gasteiger partial charge in [0.25, 0.3) is 0 Å². The molecule has 0 amide bonds. The number of benzene rings is 3. The molecule has 0 saturated carbocycles. The van der Waals surface area contributed by atoms with Crippen LogP contribution in [0.25, 0.3) is 5.70 Å². The van der Waals surface area contributed by atoms with Gasteiger partial charge in [0.2, 0.25) is 5.95 Å². The molecule has 6 rings (SSSR count). The number of fused-ring (bicyclic) bond motifs is 3. The van der Waals surface area contributed by atoms with E-state index in [1.165, 1.54) is 0 Å². The van der Waals surface area contributed by atoms with Crippen LogP contribution in [0.4, 0.5) is 5.95 Å². The van der Waals surface area contributed by atoms with Crippen LogP contribution in [-0.2, 0) is 0 Å². The Hall–Kier alpha value is -3.78. The molecule has 3 heterocycles. The Kier molecular flexibility index (Phi) is 5.03. The Morgan fingerprint density at radius 3 is 2.62 bits per heavy atom. The number of ether oxygens (including phenoxy) is 3. The van der Waals surface area contributed by atoms with Gasteiger partial charge in [0.15, 0.2) is 6.10 Å². The maximum atomic E-state index is 6.69. The fourth-order valence-electron chi connectivity index (χ4n) is 4.69. The molecule has 0 aliphatic carbocycles. The topological polar surface area (TPSA) is 70.4 Å². The normalized spacial score (nSPS) is 18.2. The van der Waals surface area contributed by atoms with E-state index >= 15 is 0 Å². The smallest absolute Gasteiger partial charge is 0.226 e. The molecule has 2 atom stereocenters. The fraction of sp³-hybridized carbons (Fsp3) is 0.154. The van der Waals surface area contributed by atoms with Crippen molar-refractivity contribution in [2.24, 2.45) is 0 Å². The first-order valence-electron chi connectivity index (χ1n) is 10.8. The lowest BCUT2D eigenvalue weighted by Crippen LogP contribution is -2.32. The van der Waals surface area contributed by atoms with Crippen molar-refractivity contribution >= 4 is 27.6 Å². The van der Waals surface area contributed by atoms with Gasteiger partial charge in [0.05, 0.1) is 19.9 Å². The third-order valence-electron chi connectivity index (χ3n) is 6.23. The molecule has 0 fully saturated rings. The summed E-state index contributed by atoms with van der Waals surface area (Å²) >= 11 is 3.62. The Morgan fingerprint density at radius 2 is 1.82 bits per heavy atom. The zero-order valence-corrected chi connectivity index (χ0v) is 20.1. The van der Waals surface area contributed by atoms with Crippen molar-refractivity contribution in [2.45, 2.75) is 12.1 Å². The van der Waals surface area contributed by atoms with Crippen molar-refractivity contribution in [2.75, 3.05) is 19.5 Å². The summed E-state index contributed by atoms with van der Waals surface area (Å²) < 4.78 is 20.7. The van der Waals surface area contributed by atoms with Gasteiger partial charge < -0.3 is 19.5 Å². The zero-order valence-electron chi connectivity index (χ0n) is 18.5. The van der Waals surface area contributed by atoms with Crippen LogP contribution in [0, 0.1) is 0 Å². The molecular formula is C26H21BrN4O3. The van der Waals surface area contributed by atoms with Crippen LogP contribution in [0.15, 0.2) is 83.1 Å². The van der Waals surface area contributed by atoms with E-state index in [0.717, 1.165) is 49.7 Å². The third kappa shape index (κ3) is 3.25. The SMILES string of the molecule is COc1ccc([C@@H]2C3=C(Nc4ncnn42)c2ccccc2O[C@H]3c2cc(Br)ccc2OC)cc1. The van der Waals surface area contributed by atoms with Gasteiger partial charge >= 0.3 is 0 Å². The molecule has 0 bridgehead atoms. The van der Waals surface area contributed by atoms with Gasteiger partial charge in [-0.2, -0.15) is 10.1 Å². The molecule has 4 aromatic rings. The number of aromatic nitrogens is 3. The maximum absolute atomic E-state index is 6.69. The van der Waals surface area contributed by atoms with Crippen molar-refractivity contribution in [3.63, 3.8) is 0 Å². The van der Waals surface area contributed by atoms with Crippen molar-refractivity contribution in [3.8, 4) is 17.2 Å². The van der Waals surface area contributed by atoms with Crippen LogP contribution in [0.1, 0.15) is 28.8 Å². The number of rotatable bonds is 4. The molecule has 0 radical (unpaired) electrons. The first-order valence-corrected chi connectivity index (χ1v) is 11.6. The summed E-state index contributed by atoms with van der Waals surface area (Å²) in [6.07, 6.45) is 1.15.